The third kappa shape index (κ3) is 20.0. The molecule has 0 aromatic heterocycles. The van der Waals surface area contributed by atoms with Crippen LogP contribution < -0.4 is 26.0 Å². The first-order valence-electron chi connectivity index (χ1n) is 27.6. The van der Waals surface area contributed by atoms with Gasteiger partial charge in [-0.3, -0.25) is 48.0 Å². The number of likely N-dealkylation sites (tertiary alicyclic amines) is 1. The molecule has 8 amide bonds. The third-order valence-corrected chi connectivity index (χ3v) is 16.6. The van der Waals surface area contributed by atoms with Gasteiger partial charge in [0.25, 0.3) is 5.91 Å². The van der Waals surface area contributed by atoms with Crippen molar-refractivity contribution in [3.8, 4) is 0 Å². The molecule has 1 aliphatic carbocycles. The summed E-state index contributed by atoms with van der Waals surface area (Å²) in [5.74, 6) is -6.55. The number of aliphatic carboxylic acids is 1. The van der Waals surface area contributed by atoms with E-state index in [1.54, 1.807) is 70.8 Å². The summed E-state index contributed by atoms with van der Waals surface area (Å²) >= 11 is 0. The van der Waals surface area contributed by atoms with Gasteiger partial charge in [-0.2, -0.15) is 0 Å². The fourth-order valence-electron chi connectivity index (χ4n) is 9.96. The lowest BCUT2D eigenvalue weighted by molar-refractivity contribution is -0.148. The Balaban J connectivity index is 1.70. The molecule has 1 aromatic rings. The normalized spacial score (nSPS) is 18.0. The first-order valence-corrected chi connectivity index (χ1v) is 29.1. The summed E-state index contributed by atoms with van der Waals surface area (Å²) in [4.78, 5) is 124. The van der Waals surface area contributed by atoms with E-state index in [1.165, 1.54) is 38.0 Å². The van der Waals surface area contributed by atoms with Gasteiger partial charge in [-0.15, -0.1) is 0 Å². The van der Waals surface area contributed by atoms with Crippen molar-refractivity contribution in [2.45, 2.75) is 194 Å². The average Bonchev–Trinajstić information content (AvgIpc) is 4.18. The third-order valence-electron chi connectivity index (χ3n) is 14.8. The van der Waals surface area contributed by atoms with E-state index in [-0.39, 0.29) is 56.5 Å². The fraction of sp³-hybridized carbons (Fsp3) is 0.727. The standard InChI is InChI=1S/C55H90N8O15S/c1-15-34(8)48(42(76-13)29-44(65)63-27-17-18-41(63)49(77-14)35(9)50(68)58-40(28-31(2)3)52(70)60-79(74,75)39-25-26-39)61(11)54(72)46(32(4)5)59-53(71)47(33(6)7)62(12)55(73)78-30-37-21-23-38(24-22-37)57-51(69)36(10)56-43(64)19-16-20-45(66)67/h21-24,31-36,39-42,46-49H,15-20,25-30H2,1-14H3,(H,56,64)(H,57,69)(H,58,68)(H,59,71)(H,60,70)(H,66,67)/t34-,35+,36-,40-,41-,42+,46-,47?,48-,49+/m0/s1. The van der Waals surface area contributed by atoms with Crippen LogP contribution in [-0.4, -0.2) is 170 Å². The number of rotatable bonds is 32. The number of sulfonamides is 1. The number of benzene rings is 1. The van der Waals surface area contributed by atoms with Crippen molar-refractivity contribution < 1.29 is 70.9 Å². The lowest BCUT2D eigenvalue weighted by Crippen LogP contribution is -2.60. The molecule has 23 nitrogen and oxygen atoms in total. The summed E-state index contributed by atoms with van der Waals surface area (Å²) in [5.41, 5.74) is 0.981. The number of carbonyl (C=O) groups is 9. The molecule has 24 heteroatoms. The molecule has 1 aromatic carbocycles. The molecule has 446 valence electrons. The van der Waals surface area contributed by atoms with Crippen molar-refractivity contribution in [2.75, 3.05) is 40.2 Å². The Morgan fingerprint density at radius 3 is 1.94 bits per heavy atom. The highest BCUT2D eigenvalue weighted by Crippen LogP contribution is 2.31. The summed E-state index contributed by atoms with van der Waals surface area (Å²) in [6, 6.07) is 1.13. The Morgan fingerprint density at radius 2 is 1.41 bits per heavy atom. The van der Waals surface area contributed by atoms with Gasteiger partial charge in [-0.1, -0.05) is 80.9 Å². The molecule has 0 bridgehead atoms. The fourth-order valence-corrected chi connectivity index (χ4v) is 11.3. The maximum atomic E-state index is 14.7. The number of nitrogens with zero attached hydrogens (tertiary/aromatic N) is 3. The molecular formula is C55H90N8O15S. The second-order valence-corrected chi connectivity index (χ2v) is 24.3. The highest BCUT2D eigenvalue weighted by molar-refractivity contribution is 7.90. The number of hydrogen-bond donors (Lipinski definition) is 6. The molecule has 79 heavy (non-hydrogen) atoms. The van der Waals surface area contributed by atoms with Crippen molar-refractivity contribution >= 4 is 69.1 Å². The molecular weight excluding hydrogens is 1040 g/mol. The van der Waals surface area contributed by atoms with Crippen LogP contribution in [0.5, 0.6) is 0 Å². The number of carboxylic acids is 1. The molecule has 10 atom stereocenters. The van der Waals surface area contributed by atoms with Crippen LogP contribution in [0, 0.1) is 29.6 Å². The van der Waals surface area contributed by atoms with Crippen LogP contribution in [0.1, 0.15) is 139 Å². The van der Waals surface area contributed by atoms with Crippen molar-refractivity contribution in [1.29, 1.82) is 0 Å². The van der Waals surface area contributed by atoms with Gasteiger partial charge in [0.2, 0.25) is 45.5 Å². The average molecular weight is 1140 g/mol. The molecule has 0 spiro atoms. The molecule has 6 N–H and O–H groups in total. The molecule has 1 unspecified atom stereocenters. The van der Waals surface area contributed by atoms with Crippen molar-refractivity contribution in [3.63, 3.8) is 0 Å². The summed E-state index contributed by atoms with van der Waals surface area (Å²) in [5, 5.41) is 19.1. The number of carboxylic acid groups (broad SMARTS) is 1. The number of likely N-dealkylation sites (N-methyl/N-ethyl adjacent to an activating group) is 2. The minimum Gasteiger partial charge on any atom is -0.481 e. The minimum absolute atomic E-state index is 0.0360. The van der Waals surface area contributed by atoms with E-state index in [2.05, 4.69) is 26.0 Å². The van der Waals surface area contributed by atoms with Gasteiger partial charge in [-0.25, -0.2) is 13.2 Å². The Hall–Kier alpha value is -5.88. The number of carbonyl (C=O) groups excluding carboxylic acids is 8. The maximum Gasteiger partial charge on any atom is 0.410 e. The number of nitrogens with one attached hydrogen (secondary N) is 5. The molecule has 3 rings (SSSR count). The van der Waals surface area contributed by atoms with Gasteiger partial charge in [0.05, 0.1) is 41.9 Å². The van der Waals surface area contributed by atoms with E-state index in [9.17, 15) is 51.6 Å². The Labute approximate surface area is 467 Å². The van der Waals surface area contributed by atoms with Crippen LogP contribution in [0.15, 0.2) is 24.3 Å². The lowest BCUT2D eigenvalue weighted by Gasteiger charge is -2.41. The molecule has 1 saturated carbocycles. The number of methoxy groups -OCH3 is 2. The SMILES string of the molecule is CC[C@H](C)[C@@H]([C@@H](CC(=O)N1CCC[C@H]1[C@H](OC)[C@@H](C)C(=O)N[C@@H](CC(C)C)C(=O)NS(=O)(=O)C1CC1)OC)N(C)C(=O)[C@@H](NC(=O)C(C(C)C)N(C)C(=O)OCc1ccc(NC(=O)[C@H](C)NC(=O)CCCC(=O)O)cc1)C(C)C. The Kier molecular flexibility index (Phi) is 26.6. The van der Waals surface area contributed by atoms with Crippen LogP contribution in [0.3, 0.4) is 0 Å². The first kappa shape index (κ1) is 67.4. The first-order chi connectivity index (χ1) is 37.0. The number of ether oxygens (including phenoxy) is 3. The minimum atomic E-state index is -3.86. The smallest absolute Gasteiger partial charge is 0.410 e. The Bertz CT molecular complexity index is 2370. The lowest BCUT2D eigenvalue weighted by atomic mass is 9.89. The van der Waals surface area contributed by atoms with Gasteiger partial charge in [0.15, 0.2) is 0 Å². The van der Waals surface area contributed by atoms with Gasteiger partial charge < -0.3 is 50.4 Å². The number of hydrogen-bond acceptors (Lipinski definition) is 14. The molecule has 2 fully saturated rings. The van der Waals surface area contributed by atoms with E-state index >= 15 is 0 Å². The predicted molar refractivity (Wildman–Crippen MR) is 295 cm³/mol. The van der Waals surface area contributed by atoms with Crippen molar-refractivity contribution in [3.05, 3.63) is 29.8 Å². The van der Waals surface area contributed by atoms with Crippen LogP contribution >= 0.6 is 0 Å². The second-order valence-electron chi connectivity index (χ2n) is 22.3. The van der Waals surface area contributed by atoms with Gasteiger partial charge in [-0.05, 0) is 86.8 Å². The van der Waals surface area contributed by atoms with Crippen molar-refractivity contribution in [1.82, 2.24) is 35.4 Å². The highest BCUT2D eigenvalue weighted by Gasteiger charge is 2.45. The monoisotopic (exact) mass is 1130 g/mol. The van der Waals surface area contributed by atoms with E-state index < -0.39 is 129 Å². The summed E-state index contributed by atoms with van der Waals surface area (Å²) in [6.07, 6.45) is 0.274. The molecule has 0 radical (unpaired) electrons. The number of amides is 8. The number of anilines is 1. The van der Waals surface area contributed by atoms with Crippen LogP contribution in [0.4, 0.5) is 10.5 Å². The predicted octanol–water partition coefficient (Wildman–Crippen LogP) is 4.18. The summed E-state index contributed by atoms with van der Waals surface area (Å²) in [7, 11) is 2.11. The van der Waals surface area contributed by atoms with Crippen LogP contribution in [0.25, 0.3) is 0 Å². The topological polar surface area (TPSA) is 306 Å². The van der Waals surface area contributed by atoms with Crippen molar-refractivity contribution in [2.24, 2.45) is 29.6 Å². The van der Waals surface area contributed by atoms with Gasteiger partial charge >= 0.3 is 12.1 Å². The quantitative estimate of drug-likeness (QED) is 0.0590. The largest absolute Gasteiger partial charge is 0.481 e. The van der Waals surface area contributed by atoms with E-state index in [0.29, 0.717) is 49.9 Å². The Morgan fingerprint density at radius 1 is 0.772 bits per heavy atom. The molecule has 1 aliphatic heterocycles. The molecule has 1 saturated heterocycles. The molecule has 1 heterocycles. The zero-order chi connectivity index (χ0) is 59.6. The zero-order valence-electron chi connectivity index (χ0n) is 48.8. The van der Waals surface area contributed by atoms with E-state index in [0.717, 1.165) is 0 Å². The van der Waals surface area contributed by atoms with Gasteiger partial charge in [0.1, 0.15) is 30.8 Å². The van der Waals surface area contributed by atoms with E-state index in [4.69, 9.17) is 19.3 Å². The summed E-state index contributed by atoms with van der Waals surface area (Å²) in [6.45, 7) is 18.1. The van der Waals surface area contributed by atoms with E-state index in [1.807, 2.05) is 27.7 Å². The molecule has 2 aliphatic rings. The van der Waals surface area contributed by atoms with Gasteiger partial charge in [0, 0.05) is 53.4 Å². The van der Waals surface area contributed by atoms with Crippen LogP contribution in [-0.2, 0) is 69.2 Å². The second kappa shape index (κ2) is 31.2. The zero-order valence-corrected chi connectivity index (χ0v) is 49.6. The maximum absolute atomic E-state index is 14.7. The summed E-state index contributed by atoms with van der Waals surface area (Å²) < 4.78 is 45.0. The van der Waals surface area contributed by atoms with Crippen LogP contribution in [0.2, 0.25) is 0 Å². The highest BCUT2D eigenvalue weighted by atomic mass is 32.2.